The van der Waals surface area contributed by atoms with Crippen LogP contribution in [0.5, 0.6) is 0 Å². The van der Waals surface area contributed by atoms with Crippen LogP contribution in [-0.2, 0) is 13.0 Å². The number of anilines is 1. The van der Waals surface area contributed by atoms with Crippen molar-refractivity contribution < 1.29 is 9.90 Å². The van der Waals surface area contributed by atoms with Crippen molar-refractivity contribution in [3.8, 4) is 0 Å². The van der Waals surface area contributed by atoms with Crippen molar-refractivity contribution in [1.29, 1.82) is 0 Å². The first-order valence-electron chi connectivity index (χ1n) is 6.47. The van der Waals surface area contributed by atoms with Gasteiger partial charge in [0.05, 0.1) is 11.6 Å². The zero-order valence-electron chi connectivity index (χ0n) is 11.3. The largest absolute Gasteiger partial charge is 0.392 e. The number of aliphatic hydroxyl groups excluding tert-OH is 1. The molecule has 5 heteroatoms. The van der Waals surface area contributed by atoms with Gasteiger partial charge in [0.25, 0.3) is 0 Å². The standard InChI is InChI=1S/C15H18N2O2S/c1-11-2-7-14(20-11)17-15(19)16-9-8-12-3-5-13(10-18)6-4-12/h2-7,18H,8-10H2,1H3,(H2,16,17,19). The number of urea groups is 1. The van der Waals surface area contributed by atoms with Gasteiger partial charge in [0.15, 0.2) is 0 Å². The Kier molecular flexibility index (Phi) is 5.15. The summed E-state index contributed by atoms with van der Waals surface area (Å²) < 4.78 is 0. The van der Waals surface area contributed by atoms with Crippen LogP contribution in [0.15, 0.2) is 36.4 Å². The summed E-state index contributed by atoms with van der Waals surface area (Å²) in [5.74, 6) is 0. The predicted octanol–water partition coefficient (Wildman–Crippen LogP) is 2.91. The van der Waals surface area contributed by atoms with Gasteiger partial charge in [-0.1, -0.05) is 24.3 Å². The Morgan fingerprint density at radius 2 is 1.85 bits per heavy atom. The highest BCUT2D eigenvalue weighted by Gasteiger charge is 2.03. The Balaban J connectivity index is 1.73. The third kappa shape index (κ3) is 4.36. The second-order valence-corrected chi connectivity index (χ2v) is 5.80. The molecule has 0 saturated heterocycles. The molecule has 0 fully saturated rings. The lowest BCUT2D eigenvalue weighted by Gasteiger charge is -2.06. The lowest BCUT2D eigenvalue weighted by Crippen LogP contribution is -2.30. The Labute approximate surface area is 122 Å². The van der Waals surface area contributed by atoms with Gasteiger partial charge in [0.2, 0.25) is 0 Å². The molecule has 0 spiro atoms. The molecule has 20 heavy (non-hydrogen) atoms. The number of hydrogen-bond donors (Lipinski definition) is 3. The molecular weight excluding hydrogens is 272 g/mol. The Bertz CT molecular complexity index is 564. The molecule has 0 aliphatic heterocycles. The van der Waals surface area contributed by atoms with E-state index in [0.717, 1.165) is 22.5 Å². The van der Waals surface area contributed by atoms with E-state index < -0.39 is 0 Å². The third-order valence-electron chi connectivity index (χ3n) is 2.88. The van der Waals surface area contributed by atoms with E-state index in [-0.39, 0.29) is 12.6 Å². The fourth-order valence-corrected chi connectivity index (χ4v) is 2.55. The van der Waals surface area contributed by atoms with E-state index in [1.165, 1.54) is 4.88 Å². The Morgan fingerprint density at radius 3 is 2.45 bits per heavy atom. The number of hydrogen-bond acceptors (Lipinski definition) is 3. The third-order valence-corrected chi connectivity index (χ3v) is 3.80. The summed E-state index contributed by atoms with van der Waals surface area (Å²) >= 11 is 1.55. The number of nitrogens with one attached hydrogen (secondary N) is 2. The van der Waals surface area contributed by atoms with Crippen LogP contribution >= 0.6 is 11.3 Å². The maximum atomic E-state index is 11.7. The van der Waals surface area contributed by atoms with E-state index >= 15 is 0 Å². The summed E-state index contributed by atoms with van der Waals surface area (Å²) in [6.45, 7) is 2.64. The van der Waals surface area contributed by atoms with Crippen LogP contribution in [0.3, 0.4) is 0 Å². The maximum Gasteiger partial charge on any atom is 0.319 e. The number of amides is 2. The van der Waals surface area contributed by atoms with Crippen LogP contribution in [0.2, 0.25) is 0 Å². The van der Waals surface area contributed by atoms with Crippen LogP contribution in [0.1, 0.15) is 16.0 Å². The number of thiophene rings is 1. The predicted molar refractivity (Wildman–Crippen MR) is 82.1 cm³/mol. The number of aliphatic hydroxyl groups is 1. The minimum Gasteiger partial charge on any atom is -0.392 e. The minimum absolute atomic E-state index is 0.0567. The van der Waals surface area contributed by atoms with Crippen molar-refractivity contribution in [3.05, 3.63) is 52.4 Å². The smallest absolute Gasteiger partial charge is 0.319 e. The van der Waals surface area contributed by atoms with Gasteiger partial charge in [-0.25, -0.2) is 4.79 Å². The average molecular weight is 290 g/mol. The molecule has 0 aliphatic carbocycles. The van der Waals surface area contributed by atoms with Gasteiger partial charge in [-0.15, -0.1) is 11.3 Å². The molecule has 3 N–H and O–H groups in total. The SMILES string of the molecule is Cc1ccc(NC(=O)NCCc2ccc(CO)cc2)s1. The van der Waals surface area contributed by atoms with Crippen molar-refractivity contribution in [2.75, 3.05) is 11.9 Å². The summed E-state index contributed by atoms with van der Waals surface area (Å²) in [7, 11) is 0. The van der Waals surface area contributed by atoms with Crippen molar-refractivity contribution in [2.45, 2.75) is 20.0 Å². The maximum absolute atomic E-state index is 11.7. The Hall–Kier alpha value is -1.85. The molecule has 0 radical (unpaired) electrons. The zero-order chi connectivity index (χ0) is 14.4. The normalized spacial score (nSPS) is 10.3. The lowest BCUT2D eigenvalue weighted by atomic mass is 10.1. The molecule has 2 rings (SSSR count). The first-order valence-corrected chi connectivity index (χ1v) is 7.29. The first kappa shape index (κ1) is 14.6. The fraction of sp³-hybridized carbons (Fsp3) is 0.267. The summed E-state index contributed by atoms with van der Waals surface area (Å²) in [6.07, 6.45) is 0.766. The van der Waals surface area contributed by atoms with Gasteiger partial charge >= 0.3 is 6.03 Å². The van der Waals surface area contributed by atoms with Gasteiger partial charge in [-0.3, -0.25) is 5.32 Å². The van der Waals surface area contributed by atoms with Crippen molar-refractivity contribution in [1.82, 2.24) is 5.32 Å². The van der Waals surface area contributed by atoms with Gasteiger partial charge in [0.1, 0.15) is 0 Å². The summed E-state index contributed by atoms with van der Waals surface area (Å²) in [5, 5.41) is 15.4. The van der Waals surface area contributed by atoms with Crippen LogP contribution in [0.25, 0.3) is 0 Å². The van der Waals surface area contributed by atoms with Crippen LogP contribution in [0, 0.1) is 6.92 Å². The van der Waals surface area contributed by atoms with Crippen LogP contribution in [-0.4, -0.2) is 17.7 Å². The molecule has 0 aliphatic rings. The second-order valence-electron chi connectivity index (χ2n) is 4.52. The quantitative estimate of drug-likeness (QED) is 0.793. The highest BCUT2D eigenvalue weighted by atomic mass is 32.1. The summed E-state index contributed by atoms with van der Waals surface area (Å²) in [5.41, 5.74) is 2.03. The van der Waals surface area contributed by atoms with E-state index in [0.29, 0.717) is 6.54 Å². The molecule has 2 aromatic rings. The molecule has 0 saturated carbocycles. The monoisotopic (exact) mass is 290 g/mol. The molecule has 1 aromatic carbocycles. The van der Waals surface area contributed by atoms with E-state index in [1.54, 1.807) is 11.3 Å². The van der Waals surface area contributed by atoms with Crippen molar-refractivity contribution >= 4 is 22.4 Å². The van der Waals surface area contributed by atoms with E-state index in [4.69, 9.17) is 5.11 Å². The molecule has 4 nitrogen and oxygen atoms in total. The van der Waals surface area contributed by atoms with Crippen molar-refractivity contribution in [2.24, 2.45) is 0 Å². The number of aryl methyl sites for hydroxylation is 1. The molecule has 1 aromatic heterocycles. The first-order chi connectivity index (χ1) is 9.67. The van der Waals surface area contributed by atoms with E-state index in [2.05, 4.69) is 10.6 Å². The van der Waals surface area contributed by atoms with E-state index in [9.17, 15) is 4.79 Å². The minimum atomic E-state index is -0.182. The van der Waals surface area contributed by atoms with Crippen LogP contribution in [0.4, 0.5) is 9.80 Å². The highest BCUT2D eigenvalue weighted by molar-refractivity contribution is 7.16. The van der Waals surface area contributed by atoms with E-state index in [1.807, 2.05) is 43.3 Å². The molecule has 1 heterocycles. The van der Waals surface area contributed by atoms with Gasteiger partial charge in [0, 0.05) is 11.4 Å². The molecule has 0 unspecified atom stereocenters. The average Bonchev–Trinajstić information content (AvgIpc) is 2.85. The summed E-state index contributed by atoms with van der Waals surface area (Å²) in [6, 6.07) is 11.4. The molecule has 0 atom stereocenters. The van der Waals surface area contributed by atoms with Crippen molar-refractivity contribution in [3.63, 3.8) is 0 Å². The topological polar surface area (TPSA) is 61.4 Å². The summed E-state index contributed by atoms with van der Waals surface area (Å²) in [4.78, 5) is 12.8. The molecule has 0 bridgehead atoms. The fourth-order valence-electron chi connectivity index (χ4n) is 1.79. The second kappa shape index (κ2) is 7.07. The molecule has 2 amide bonds. The number of carbonyl (C=O) groups is 1. The number of carbonyl (C=O) groups excluding carboxylic acids is 1. The molecular formula is C15H18N2O2S. The van der Waals surface area contributed by atoms with Gasteiger partial charge in [-0.2, -0.15) is 0 Å². The van der Waals surface area contributed by atoms with Gasteiger partial charge < -0.3 is 10.4 Å². The lowest BCUT2D eigenvalue weighted by molar-refractivity contribution is 0.252. The number of benzene rings is 1. The van der Waals surface area contributed by atoms with Gasteiger partial charge in [-0.05, 0) is 36.6 Å². The Morgan fingerprint density at radius 1 is 1.15 bits per heavy atom. The molecule has 106 valence electrons. The zero-order valence-corrected chi connectivity index (χ0v) is 12.2. The highest BCUT2D eigenvalue weighted by Crippen LogP contribution is 2.20. The van der Waals surface area contributed by atoms with Crippen LogP contribution < -0.4 is 10.6 Å². The number of rotatable bonds is 5.